The zero-order chi connectivity index (χ0) is 19.4. The maximum atomic E-state index is 13.7. The lowest BCUT2D eigenvalue weighted by molar-refractivity contribution is -0.122. The average Bonchev–Trinajstić information content (AvgIpc) is 3.13. The third-order valence-corrected chi connectivity index (χ3v) is 5.43. The van der Waals surface area contributed by atoms with Crippen molar-refractivity contribution in [1.82, 2.24) is 4.98 Å². The third kappa shape index (κ3) is 4.64. The fraction of sp³-hybridized carbons (Fsp3) is 0.200. The molecule has 3 aromatic rings. The number of anilines is 3. The van der Waals surface area contributed by atoms with Crippen molar-refractivity contribution >= 4 is 45.4 Å². The van der Waals surface area contributed by atoms with Gasteiger partial charge in [0, 0.05) is 22.5 Å². The summed E-state index contributed by atoms with van der Waals surface area (Å²) < 4.78 is 13.7. The van der Waals surface area contributed by atoms with Gasteiger partial charge in [-0.2, -0.15) is 0 Å². The number of nitrogens with zero attached hydrogens (tertiary/aromatic N) is 1. The van der Waals surface area contributed by atoms with E-state index in [0.717, 1.165) is 11.3 Å². The van der Waals surface area contributed by atoms with Crippen LogP contribution in [-0.2, 0) is 4.79 Å². The zero-order valence-electron chi connectivity index (χ0n) is 14.9. The number of rotatable bonds is 6. The summed E-state index contributed by atoms with van der Waals surface area (Å²) in [5.74, 6) is -0.211. The van der Waals surface area contributed by atoms with E-state index in [0.29, 0.717) is 16.5 Å². The summed E-state index contributed by atoms with van der Waals surface area (Å²) in [6.07, 6.45) is 0. The number of benzene rings is 2. The number of amides is 1. The van der Waals surface area contributed by atoms with Gasteiger partial charge >= 0.3 is 0 Å². The number of aromatic nitrogens is 1. The lowest BCUT2D eigenvalue weighted by atomic mass is 9.95. The summed E-state index contributed by atoms with van der Waals surface area (Å²) >= 11 is 7.23. The van der Waals surface area contributed by atoms with Crippen LogP contribution in [0.15, 0.2) is 53.9 Å². The number of halogens is 2. The Labute approximate surface area is 166 Å². The molecule has 0 fully saturated rings. The molecule has 2 N–H and O–H groups in total. The number of alkyl halides is 1. The van der Waals surface area contributed by atoms with Gasteiger partial charge in [-0.05, 0) is 38.1 Å². The fourth-order valence-electron chi connectivity index (χ4n) is 2.23. The van der Waals surface area contributed by atoms with Gasteiger partial charge < -0.3 is 10.6 Å². The Hall–Kier alpha value is -2.44. The number of carbonyl (C=O) groups is 1. The fourth-order valence-corrected chi connectivity index (χ4v) is 3.08. The quantitative estimate of drug-likeness (QED) is 0.504. The molecule has 0 aliphatic heterocycles. The molecule has 0 saturated carbocycles. The van der Waals surface area contributed by atoms with Crippen molar-refractivity contribution in [3.63, 3.8) is 0 Å². The van der Waals surface area contributed by atoms with Crippen molar-refractivity contribution in [3.05, 3.63) is 59.7 Å². The highest BCUT2D eigenvalue weighted by Gasteiger charge is 2.26. The van der Waals surface area contributed by atoms with E-state index in [2.05, 4.69) is 15.6 Å². The van der Waals surface area contributed by atoms with Gasteiger partial charge in [-0.3, -0.25) is 4.79 Å². The molecule has 1 aromatic heterocycles. The van der Waals surface area contributed by atoms with Crippen LogP contribution in [0, 0.1) is 11.2 Å². The Bertz CT molecular complexity index is 940. The van der Waals surface area contributed by atoms with E-state index in [1.807, 2.05) is 29.6 Å². The molecule has 3 rings (SSSR count). The van der Waals surface area contributed by atoms with Gasteiger partial charge in [0.25, 0.3) is 0 Å². The minimum Gasteiger partial charge on any atom is -0.329 e. The predicted molar refractivity (Wildman–Crippen MR) is 110 cm³/mol. The van der Waals surface area contributed by atoms with Gasteiger partial charge in [0.1, 0.15) is 5.82 Å². The van der Waals surface area contributed by atoms with E-state index in [1.54, 1.807) is 32.0 Å². The van der Waals surface area contributed by atoms with Crippen LogP contribution >= 0.6 is 22.9 Å². The molecule has 0 spiro atoms. The highest BCUT2D eigenvalue weighted by molar-refractivity contribution is 7.14. The van der Waals surface area contributed by atoms with Crippen LogP contribution in [0.1, 0.15) is 13.8 Å². The van der Waals surface area contributed by atoms with Crippen LogP contribution in [0.25, 0.3) is 11.3 Å². The second-order valence-corrected chi connectivity index (χ2v) is 7.82. The number of hydrogen-bond acceptors (Lipinski definition) is 4. The minimum absolute atomic E-state index is 0.129. The molecular weight excluding hydrogens is 385 g/mol. The van der Waals surface area contributed by atoms with Gasteiger partial charge in [0.15, 0.2) is 5.13 Å². The monoisotopic (exact) mass is 403 g/mol. The van der Waals surface area contributed by atoms with E-state index in [-0.39, 0.29) is 17.6 Å². The molecule has 0 aliphatic carbocycles. The normalized spacial score (nSPS) is 11.3. The summed E-state index contributed by atoms with van der Waals surface area (Å²) in [4.78, 5) is 16.7. The molecule has 27 heavy (non-hydrogen) atoms. The highest BCUT2D eigenvalue weighted by atomic mass is 35.5. The molecule has 1 amide bonds. The standard InChI is InChI=1S/C20H19ClFN3OS/c1-20(2,12-21)18(26)23-14-9-7-13(8-10-14)17-11-27-19(25-17)24-16-6-4-3-5-15(16)22/h3-11H,12H2,1-2H3,(H,23,26)(H,24,25). The maximum absolute atomic E-state index is 13.7. The number of nitrogens with one attached hydrogen (secondary N) is 2. The predicted octanol–water partition coefficient (Wildman–Crippen LogP) is 5.90. The molecule has 0 aliphatic rings. The molecule has 7 heteroatoms. The summed E-state index contributed by atoms with van der Waals surface area (Å²) in [5.41, 5.74) is 2.13. The summed E-state index contributed by atoms with van der Waals surface area (Å²) in [6.45, 7) is 3.59. The van der Waals surface area contributed by atoms with Gasteiger partial charge in [0.2, 0.25) is 5.91 Å². The van der Waals surface area contributed by atoms with Crippen LogP contribution in [0.4, 0.5) is 20.9 Å². The summed E-state index contributed by atoms with van der Waals surface area (Å²) in [5, 5.41) is 8.35. The van der Waals surface area contributed by atoms with Crippen molar-refractivity contribution < 1.29 is 9.18 Å². The van der Waals surface area contributed by atoms with Crippen molar-refractivity contribution in [2.45, 2.75) is 13.8 Å². The van der Waals surface area contributed by atoms with Crippen LogP contribution in [0.5, 0.6) is 0 Å². The first-order chi connectivity index (χ1) is 12.9. The van der Waals surface area contributed by atoms with Crippen molar-refractivity contribution in [3.8, 4) is 11.3 Å². The smallest absolute Gasteiger partial charge is 0.231 e. The lowest BCUT2D eigenvalue weighted by Crippen LogP contribution is -2.32. The SMILES string of the molecule is CC(C)(CCl)C(=O)Nc1ccc(-c2csc(Nc3ccccc3F)n2)cc1. The summed E-state index contributed by atoms with van der Waals surface area (Å²) in [7, 11) is 0. The van der Waals surface area contributed by atoms with Crippen molar-refractivity contribution in [2.24, 2.45) is 5.41 Å². The molecule has 0 saturated heterocycles. The number of hydrogen-bond donors (Lipinski definition) is 2. The van der Waals surface area contributed by atoms with Crippen molar-refractivity contribution in [1.29, 1.82) is 0 Å². The molecule has 0 unspecified atom stereocenters. The van der Waals surface area contributed by atoms with Crippen LogP contribution < -0.4 is 10.6 Å². The van der Waals surface area contributed by atoms with E-state index >= 15 is 0 Å². The second kappa shape index (κ2) is 8.06. The molecule has 2 aromatic carbocycles. The topological polar surface area (TPSA) is 54.0 Å². The number of carbonyl (C=O) groups excluding carboxylic acids is 1. The molecular formula is C20H19ClFN3OS. The van der Waals surface area contributed by atoms with Gasteiger partial charge in [-0.25, -0.2) is 9.37 Å². The third-order valence-electron chi connectivity index (χ3n) is 4.01. The lowest BCUT2D eigenvalue weighted by Gasteiger charge is -2.20. The minimum atomic E-state index is -0.636. The molecule has 0 atom stereocenters. The van der Waals surface area contributed by atoms with E-state index in [4.69, 9.17) is 11.6 Å². The first-order valence-corrected chi connectivity index (χ1v) is 9.75. The Morgan fingerprint density at radius 3 is 2.56 bits per heavy atom. The molecule has 140 valence electrons. The molecule has 0 bridgehead atoms. The van der Waals surface area contributed by atoms with E-state index in [1.165, 1.54) is 17.4 Å². The van der Waals surface area contributed by atoms with Crippen LogP contribution in [-0.4, -0.2) is 16.8 Å². The average molecular weight is 404 g/mol. The number of para-hydroxylation sites is 1. The van der Waals surface area contributed by atoms with Crippen molar-refractivity contribution in [2.75, 3.05) is 16.5 Å². The van der Waals surface area contributed by atoms with Crippen LogP contribution in [0.3, 0.4) is 0 Å². The second-order valence-electron chi connectivity index (χ2n) is 6.69. The molecule has 4 nitrogen and oxygen atoms in total. The number of thiazole rings is 1. The Kier molecular flexibility index (Phi) is 5.77. The first kappa shape index (κ1) is 19.3. The Balaban J connectivity index is 1.70. The zero-order valence-corrected chi connectivity index (χ0v) is 16.5. The van der Waals surface area contributed by atoms with Gasteiger partial charge in [-0.15, -0.1) is 22.9 Å². The highest BCUT2D eigenvalue weighted by Crippen LogP contribution is 2.29. The van der Waals surface area contributed by atoms with Crippen LogP contribution in [0.2, 0.25) is 0 Å². The molecule has 1 heterocycles. The molecule has 0 radical (unpaired) electrons. The van der Waals surface area contributed by atoms with Gasteiger partial charge in [0.05, 0.1) is 16.8 Å². The van der Waals surface area contributed by atoms with E-state index in [9.17, 15) is 9.18 Å². The largest absolute Gasteiger partial charge is 0.329 e. The summed E-state index contributed by atoms with van der Waals surface area (Å²) in [6, 6.07) is 13.9. The first-order valence-electron chi connectivity index (χ1n) is 8.34. The maximum Gasteiger partial charge on any atom is 0.231 e. The van der Waals surface area contributed by atoms with E-state index < -0.39 is 5.41 Å². The Morgan fingerprint density at radius 1 is 1.19 bits per heavy atom. The van der Waals surface area contributed by atoms with Gasteiger partial charge in [-0.1, -0.05) is 24.3 Å². The Morgan fingerprint density at radius 2 is 1.89 bits per heavy atom.